The monoisotopic (exact) mass is 448 g/mol. The van der Waals surface area contributed by atoms with E-state index in [4.69, 9.17) is 0 Å². The minimum atomic E-state index is -4.34. The van der Waals surface area contributed by atoms with E-state index in [-0.39, 0.29) is 0 Å². The summed E-state index contributed by atoms with van der Waals surface area (Å²) in [7, 11) is 5.91. The summed E-state index contributed by atoms with van der Waals surface area (Å²) in [5, 5.41) is 0. The third kappa shape index (κ3) is 6.95. The highest BCUT2D eigenvalue weighted by atomic mass is 19.4. The van der Waals surface area contributed by atoms with Crippen molar-refractivity contribution in [3.63, 3.8) is 0 Å². The second kappa shape index (κ2) is 10.7. The van der Waals surface area contributed by atoms with Crippen molar-refractivity contribution in [2.75, 3.05) is 65.3 Å². The lowest BCUT2D eigenvalue weighted by atomic mass is 10.0. The molecule has 1 aliphatic heterocycles. The van der Waals surface area contributed by atoms with Gasteiger partial charge in [-0.25, -0.2) is 0 Å². The largest absolute Gasteiger partial charge is 0.416 e. The number of hydrogen-bond acceptors (Lipinski definition) is 4. The highest BCUT2D eigenvalue weighted by molar-refractivity contribution is 5.51. The van der Waals surface area contributed by atoms with Gasteiger partial charge in [0.25, 0.3) is 0 Å². The topological polar surface area (TPSA) is 13.0 Å². The molecule has 4 nitrogen and oxygen atoms in total. The second-order valence-corrected chi connectivity index (χ2v) is 9.10. The molecule has 0 aliphatic carbocycles. The van der Waals surface area contributed by atoms with Gasteiger partial charge >= 0.3 is 6.18 Å². The van der Waals surface area contributed by atoms with Gasteiger partial charge in [0, 0.05) is 65.1 Å². The van der Waals surface area contributed by atoms with Crippen molar-refractivity contribution in [3.05, 3.63) is 64.7 Å². The lowest BCUT2D eigenvalue weighted by Crippen LogP contribution is -2.45. The van der Waals surface area contributed by atoms with Gasteiger partial charge < -0.3 is 9.80 Å². The molecule has 0 aromatic heterocycles. The van der Waals surface area contributed by atoms with E-state index in [9.17, 15) is 13.2 Å². The predicted molar refractivity (Wildman–Crippen MR) is 125 cm³/mol. The number of hydrogen-bond donors (Lipinski definition) is 0. The predicted octanol–water partition coefficient (Wildman–Crippen LogP) is 4.33. The molecule has 32 heavy (non-hydrogen) atoms. The van der Waals surface area contributed by atoms with Gasteiger partial charge in [0.1, 0.15) is 0 Å². The van der Waals surface area contributed by atoms with Crippen LogP contribution in [0.2, 0.25) is 0 Å². The van der Waals surface area contributed by atoms with E-state index in [2.05, 4.69) is 45.9 Å². The average molecular weight is 449 g/mol. The van der Waals surface area contributed by atoms with Crippen molar-refractivity contribution in [1.29, 1.82) is 0 Å². The van der Waals surface area contributed by atoms with E-state index in [0.29, 0.717) is 12.1 Å². The van der Waals surface area contributed by atoms with Crippen LogP contribution >= 0.6 is 0 Å². The molecular weight excluding hydrogens is 413 g/mol. The normalized spacial score (nSPS) is 16.0. The molecule has 176 valence electrons. The zero-order valence-corrected chi connectivity index (χ0v) is 19.6. The van der Waals surface area contributed by atoms with Gasteiger partial charge in [0.2, 0.25) is 0 Å². The number of rotatable bonds is 8. The Kier molecular flexibility index (Phi) is 8.20. The lowest BCUT2D eigenvalue weighted by molar-refractivity contribution is -0.138. The summed E-state index contributed by atoms with van der Waals surface area (Å²) in [5.74, 6) is 0. The van der Waals surface area contributed by atoms with Crippen LogP contribution in [0.25, 0.3) is 0 Å². The number of halogens is 3. The number of nitrogens with zero attached hydrogens (tertiary/aromatic N) is 4. The van der Waals surface area contributed by atoms with Crippen LogP contribution in [0.4, 0.5) is 18.9 Å². The Morgan fingerprint density at radius 2 is 1.41 bits per heavy atom. The lowest BCUT2D eigenvalue weighted by Gasteiger charge is -2.35. The average Bonchev–Trinajstić information content (AvgIpc) is 2.74. The SMILES string of the molecule is Cc1ccc(CN2CCN(Cc3cc(N(C)CCN(C)C)ccc3C(F)(F)F)CC2)cc1. The van der Waals surface area contributed by atoms with Crippen LogP contribution in [0.1, 0.15) is 22.3 Å². The van der Waals surface area contributed by atoms with Crippen LogP contribution in [0, 0.1) is 6.92 Å². The van der Waals surface area contributed by atoms with E-state index in [1.165, 1.54) is 17.2 Å². The van der Waals surface area contributed by atoms with E-state index >= 15 is 0 Å². The molecule has 0 amide bonds. The van der Waals surface area contributed by atoms with Gasteiger partial charge in [-0.05, 0) is 50.3 Å². The Bertz CT molecular complexity index is 856. The van der Waals surface area contributed by atoms with Crippen LogP contribution in [-0.2, 0) is 19.3 Å². The smallest absolute Gasteiger partial charge is 0.373 e. The van der Waals surface area contributed by atoms with Gasteiger partial charge in [0.15, 0.2) is 0 Å². The third-order valence-electron chi connectivity index (χ3n) is 6.10. The molecule has 1 aliphatic rings. The molecule has 0 spiro atoms. The molecule has 0 N–H and O–H groups in total. The van der Waals surface area contributed by atoms with Crippen LogP contribution in [0.5, 0.6) is 0 Å². The molecule has 1 saturated heterocycles. The molecule has 1 fully saturated rings. The maximum Gasteiger partial charge on any atom is 0.416 e. The molecular formula is C25H35F3N4. The van der Waals surface area contributed by atoms with Crippen molar-refractivity contribution in [2.45, 2.75) is 26.2 Å². The summed E-state index contributed by atoms with van der Waals surface area (Å²) in [6.07, 6.45) is -4.34. The van der Waals surface area contributed by atoms with Crippen LogP contribution in [-0.4, -0.2) is 75.1 Å². The first-order valence-electron chi connectivity index (χ1n) is 11.2. The summed E-state index contributed by atoms with van der Waals surface area (Å²) < 4.78 is 41.0. The van der Waals surface area contributed by atoms with Crippen LogP contribution in [0.15, 0.2) is 42.5 Å². The molecule has 3 rings (SSSR count). The fourth-order valence-electron chi connectivity index (χ4n) is 4.00. The quantitative estimate of drug-likeness (QED) is 0.596. The summed E-state index contributed by atoms with van der Waals surface area (Å²) in [6, 6.07) is 13.1. The summed E-state index contributed by atoms with van der Waals surface area (Å²) >= 11 is 0. The number of aryl methyl sites for hydroxylation is 1. The Morgan fingerprint density at radius 3 is 1.97 bits per heavy atom. The molecule has 0 bridgehead atoms. The Labute approximate surface area is 190 Å². The fourth-order valence-corrected chi connectivity index (χ4v) is 4.00. The number of piperazine rings is 1. The third-order valence-corrected chi connectivity index (χ3v) is 6.10. The standard InChI is InChI=1S/C25H35F3N4/c1-20-5-7-21(8-6-20)18-31-13-15-32(16-14-31)19-22-17-23(30(4)12-11-29(2)3)9-10-24(22)25(26,27)28/h5-10,17H,11-16,18-19H2,1-4H3. The minimum absolute atomic E-state index is 0.322. The van der Waals surface area contributed by atoms with E-state index in [1.807, 2.05) is 26.0 Å². The highest BCUT2D eigenvalue weighted by Gasteiger charge is 2.34. The molecule has 0 radical (unpaired) electrons. The summed E-state index contributed by atoms with van der Waals surface area (Å²) in [4.78, 5) is 8.60. The summed E-state index contributed by atoms with van der Waals surface area (Å²) in [6.45, 7) is 8.14. The zero-order chi connectivity index (χ0) is 23.3. The van der Waals surface area contributed by atoms with Crippen molar-refractivity contribution < 1.29 is 13.2 Å². The van der Waals surface area contributed by atoms with Crippen molar-refractivity contribution in [3.8, 4) is 0 Å². The number of benzene rings is 2. The van der Waals surface area contributed by atoms with Gasteiger partial charge in [0.05, 0.1) is 5.56 Å². The van der Waals surface area contributed by atoms with Crippen LogP contribution in [0.3, 0.4) is 0 Å². The number of anilines is 1. The number of alkyl halides is 3. The van der Waals surface area contributed by atoms with Crippen molar-refractivity contribution in [1.82, 2.24) is 14.7 Å². The Morgan fingerprint density at radius 1 is 0.812 bits per heavy atom. The Balaban J connectivity index is 1.64. The molecule has 0 atom stereocenters. The second-order valence-electron chi connectivity index (χ2n) is 9.10. The minimum Gasteiger partial charge on any atom is -0.373 e. The highest BCUT2D eigenvalue weighted by Crippen LogP contribution is 2.34. The first-order chi connectivity index (χ1) is 15.1. The Hall–Kier alpha value is -2.09. The first-order valence-corrected chi connectivity index (χ1v) is 11.2. The maximum atomic E-state index is 13.7. The van der Waals surface area contributed by atoms with Crippen molar-refractivity contribution in [2.24, 2.45) is 0 Å². The zero-order valence-electron chi connectivity index (χ0n) is 19.6. The van der Waals surface area contributed by atoms with Crippen molar-refractivity contribution >= 4 is 5.69 Å². The fraction of sp³-hybridized carbons (Fsp3) is 0.520. The molecule has 0 saturated carbocycles. The van der Waals surface area contributed by atoms with Gasteiger partial charge in [-0.3, -0.25) is 9.80 Å². The maximum absolute atomic E-state index is 13.7. The van der Waals surface area contributed by atoms with Crippen LogP contribution < -0.4 is 4.90 Å². The van der Waals surface area contributed by atoms with E-state index < -0.39 is 11.7 Å². The van der Waals surface area contributed by atoms with Gasteiger partial charge in [-0.2, -0.15) is 13.2 Å². The van der Waals surface area contributed by atoms with E-state index in [1.54, 1.807) is 12.1 Å². The molecule has 2 aromatic carbocycles. The number of likely N-dealkylation sites (N-methyl/N-ethyl adjacent to an activating group) is 2. The van der Waals surface area contributed by atoms with Gasteiger partial charge in [-0.15, -0.1) is 0 Å². The first kappa shape index (κ1) is 24.6. The molecule has 2 aromatic rings. The van der Waals surface area contributed by atoms with E-state index in [0.717, 1.165) is 51.5 Å². The molecule has 1 heterocycles. The molecule has 0 unspecified atom stereocenters. The van der Waals surface area contributed by atoms with Gasteiger partial charge in [-0.1, -0.05) is 29.8 Å². The molecule has 7 heteroatoms. The summed E-state index contributed by atoms with van der Waals surface area (Å²) in [5.41, 5.74) is 3.18.